The highest BCUT2D eigenvalue weighted by molar-refractivity contribution is 5.45. The third-order valence-electron chi connectivity index (χ3n) is 5.10. The lowest BCUT2D eigenvalue weighted by Crippen LogP contribution is -2.31. The van der Waals surface area contributed by atoms with Crippen LogP contribution in [0.25, 0.3) is 0 Å². The van der Waals surface area contributed by atoms with Gasteiger partial charge in [0, 0.05) is 31.1 Å². The molecular weight excluding hydrogens is 328 g/mol. The van der Waals surface area contributed by atoms with Crippen LogP contribution in [0.3, 0.4) is 0 Å². The van der Waals surface area contributed by atoms with E-state index in [4.69, 9.17) is 4.74 Å². The lowest BCUT2D eigenvalue weighted by molar-refractivity contribution is -0.520. The summed E-state index contributed by atoms with van der Waals surface area (Å²) in [6.07, 6.45) is 3.98. The van der Waals surface area contributed by atoms with Crippen LogP contribution in [0.4, 0.5) is 5.82 Å². The van der Waals surface area contributed by atoms with Crippen molar-refractivity contribution < 1.29 is 9.61 Å². The molecule has 1 aromatic heterocycles. The zero-order valence-electron chi connectivity index (χ0n) is 15.0. The molecule has 0 spiro atoms. The summed E-state index contributed by atoms with van der Waals surface area (Å²) in [5, 5.41) is 0. The van der Waals surface area contributed by atoms with E-state index < -0.39 is 0 Å². The fourth-order valence-corrected chi connectivity index (χ4v) is 3.60. The Morgan fingerprint density at radius 1 is 1.08 bits per heavy atom. The van der Waals surface area contributed by atoms with Crippen molar-refractivity contribution in [2.45, 2.75) is 32.2 Å². The first kappa shape index (κ1) is 17.0. The standard InChI is InChI=1S/C20H25N4O2/c25-24-13-10-17-7-8-19(21-20(17)22-24)26-14-4-3-11-23-12-9-16-5-1-2-6-18(16)15-23/h1-2,5-8H,3-4,9-15H2,(H,21,22,25)/q+1. The first-order valence-corrected chi connectivity index (χ1v) is 9.41. The van der Waals surface area contributed by atoms with E-state index in [0.717, 1.165) is 55.8 Å². The quantitative estimate of drug-likeness (QED) is 0.639. The molecule has 0 radical (unpaired) electrons. The highest BCUT2D eigenvalue weighted by Crippen LogP contribution is 2.22. The Labute approximate surface area is 153 Å². The number of hydrogen-bond acceptors (Lipinski definition) is 4. The minimum atomic E-state index is 0.454. The van der Waals surface area contributed by atoms with Crippen molar-refractivity contribution in [2.75, 3.05) is 31.7 Å². The second-order valence-electron chi connectivity index (χ2n) is 6.97. The second kappa shape index (κ2) is 7.83. The average molecular weight is 353 g/mol. The fourth-order valence-electron chi connectivity index (χ4n) is 3.60. The van der Waals surface area contributed by atoms with Gasteiger partial charge in [-0.2, -0.15) is 4.98 Å². The van der Waals surface area contributed by atoms with Gasteiger partial charge in [-0.3, -0.25) is 4.90 Å². The Kier molecular flexibility index (Phi) is 5.11. The molecule has 136 valence electrons. The molecule has 4 rings (SSSR count). The van der Waals surface area contributed by atoms with Crippen LogP contribution in [0.15, 0.2) is 36.4 Å². The van der Waals surface area contributed by atoms with Crippen molar-refractivity contribution in [3.63, 3.8) is 0 Å². The van der Waals surface area contributed by atoms with E-state index in [9.17, 15) is 4.91 Å². The number of nitrogens with one attached hydrogen (secondary N) is 1. The van der Waals surface area contributed by atoms with Gasteiger partial charge in [0.05, 0.1) is 11.5 Å². The van der Waals surface area contributed by atoms with Crippen LogP contribution in [0.1, 0.15) is 29.5 Å². The summed E-state index contributed by atoms with van der Waals surface area (Å²) in [7, 11) is 0. The van der Waals surface area contributed by atoms with Gasteiger partial charge in [-0.05, 0) is 43.0 Å². The smallest absolute Gasteiger partial charge is 0.229 e. The van der Waals surface area contributed by atoms with Crippen molar-refractivity contribution in [1.29, 1.82) is 0 Å². The maximum atomic E-state index is 11.4. The minimum Gasteiger partial charge on any atom is -0.478 e. The zero-order chi connectivity index (χ0) is 17.8. The third kappa shape index (κ3) is 4.02. The van der Waals surface area contributed by atoms with Crippen molar-refractivity contribution in [1.82, 2.24) is 9.88 Å². The molecule has 0 bridgehead atoms. The van der Waals surface area contributed by atoms with E-state index in [-0.39, 0.29) is 0 Å². The summed E-state index contributed by atoms with van der Waals surface area (Å²) in [6, 6.07) is 12.6. The number of nitrogens with zero attached hydrogens (tertiary/aromatic N) is 3. The number of pyridine rings is 1. The molecule has 6 nitrogen and oxygen atoms in total. The largest absolute Gasteiger partial charge is 0.478 e. The molecule has 0 fully saturated rings. The van der Waals surface area contributed by atoms with Gasteiger partial charge in [-0.25, -0.2) is 0 Å². The van der Waals surface area contributed by atoms with E-state index >= 15 is 0 Å². The maximum Gasteiger partial charge on any atom is 0.229 e. The van der Waals surface area contributed by atoms with Crippen LogP contribution < -0.4 is 10.2 Å². The SMILES string of the molecule is O=[N+]1CCc2ccc(OCCCCN3CCc4ccccc4C3)nc2N1. The molecule has 0 amide bonds. The lowest BCUT2D eigenvalue weighted by Gasteiger charge is -2.28. The molecule has 0 unspecified atom stereocenters. The fraction of sp³-hybridized carbons (Fsp3) is 0.450. The summed E-state index contributed by atoms with van der Waals surface area (Å²) >= 11 is 0. The summed E-state index contributed by atoms with van der Waals surface area (Å²) in [5.74, 6) is 1.20. The maximum absolute atomic E-state index is 11.4. The average Bonchev–Trinajstić information content (AvgIpc) is 2.67. The van der Waals surface area contributed by atoms with Crippen molar-refractivity contribution in [2.24, 2.45) is 0 Å². The summed E-state index contributed by atoms with van der Waals surface area (Å²) in [5.41, 5.74) is 6.76. The number of benzene rings is 1. The molecular formula is C20H25N4O2+. The van der Waals surface area contributed by atoms with E-state index in [2.05, 4.69) is 39.6 Å². The van der Waals surface area contributed by atoms with Gasteiger partial charge in [-0.15, -0.1) is 5.43 Å². The zero-order valence-corrected chi connectivity index (χ0v) is 15.0. The normalized spacial score (nSPS) is 16.5. The highest BCUT2D eigenvalue weighted by atomic mass is 16.5. The Morgan fingerprint density at radius 3 is 2.88 bits per heavy atom. The number of unbranched alkanes of at least 4 members (excludes halogenated alkanes) is 1. The Balaban J connectivity index is 1.19. The predicted molar refractivity (Wildman–Crippen MR) is 100 cm³/mol. The van der Waals surface area contributed by atoms with Crippen LogP contribution in [-0.2, 0) is 19.4 Å². The predicted octanol–water partition coefficient (Wildman–Crippen LogP) is 2.96. The molecule has 1 N–H and O–H groups in total. The highest BCUT2D eigenvalue weighted by Gasteiger charge is 2.22. The Morgan fingerprint density at radius 2 is 1.96 bits per heavy atom. The van der Waals surface area contributed by atoms with E-state index in [1.807, 2.05) is 12.1 Å². The molecule has 2 aliphatic heterocycles. The second-order valence-corrected chi connectivity index (χ2v) is 6.97. The first-order chi connectivity index (χ1) is 12.8. The molecule has 0 atom stereocenters. The molecule has 3 heterocycles. The molecule has 6 heteroatoms. The number of hydrogen-bond donors (Lipinski definition) is 1. The van der Waals surface area contributed by atoms with Crippen molar-refractivity contribution in [3.05, 3.63) is 58.0 Å². The minimum absolute atomic E-state index is 0.454. The third-order valence-corrected chi connectivity index (χ3v) is 5.10. The molecule has 0 saturated carbocycles. The Bertz CT molecular complexity index is 793. The van der Waals surface area contributed by atoms with Crippen molar-refractivity contribution >= 4 is 5.82 Å². The van der Waals surface area contributed by atoms with Gasteiger partial charge in [0.2, 0.25) is 12.4 Å². The van der Waals surface area contributed by atoms with Gasteiger partial charge in [0.25, 0.3) is 0 Å². The van der Waals surface area contributed by atoms with Crippen LogP contribution in [-0.4, -0.2) is 41.0 Å². The molecule has 0 aliphatic carbocycles. The molecule has 0 saturated heterocycles. The lowest BCUT2D eigenvalue weighted by atomic mass is 10.00. The molecule has 26 heavy (non-hydrogen) atoms. The number of aromatic nitrogens is 1. The number of hydrazine groups is 1. The summed E-state index contributed by atoms with van der Waals surface area (Å²) < 4.78 is 5.76. The van der Waals surface area contributed by atoms with Crippen LogP contribution >= 0.6 is 0 Å². The van der Waals surface area contributed by atoms with E-state index in [0.29, 0.717) is 24.8 Å². The topological polar surface area (TPSA) is 57.5 Å². The number of nitroso groups, excluding NO2 is 1. The van der Waals surface area contributed by atoms with Gasteiger partial charge in [-0.1, -0.05) is 24.3 Å². The summed E-state index contributed by atoms with van der Waals surface area (Å²) in [4.78, 5) is 19.1. The van der Waals surface area contributed by atoms with Gasteiger partial charge in [0.15, 0.2) is 5.82 Å². The van der Waals surface area contributed by atoms with Gasteiger partial charge in [0.1, 0.15) is 4.87 Å². The van der Waals surface area contributed by atoms with Crippen LogP contribution in [0.5, 0.6) is 5.88 Å². The first-order valence-electron chi connectivity index (χ1n) is 9.41. The van der Waals surface area contributed by atoms with Gasteiger partial charge < -0.3 is 4.74 Å². The van der Waals surface area contributed by atoms with Crippen LogP contribution in [0, 0.1) is 4.91 Å². The van der Waals surface area contributed by atoms with E-state index in [1.165, 1.54) is 11.1 Å². The van der Waals surface area contributed by atoms with Gasteiger partial charge >= 0.3 is 0 Å². The van der Waals surface area contributed by atoms with E-state index in [1.54, 1.807) is 0 Å². The monoisotopic (exact) mass is 353 g/mol. The van der Waals surface area contributed by atoms with Crippen molar-refractivity contribution in [3.8, 4) is 5.88 Å². The number of rotatable bonds is 6. The Hall–Kier alpha value is -2.47. The molecule has 1 aromatic carbocycles. The van der Waals surface area contributed by atoms with Crippen LogP contribution in [0.2, 0.25) is 0 Å². The molecule has 2 aliphatic rings. The number of fused-ring (bicyclic) bond motifs is 2. The number of anilines is 1. The molecule has 2 aromatic rings. The summed E-state index contributed by atoms with van der Waals surface area (Å²) in [6.45, 7) is 4.40. The number of ether oxygens (including phenoxy) is 1.